The van der Waals surface area contributed by atoms with Crippen molar-refractivity contribution in [3.63, 3.8) is 0 Å². The zero-order valence-electron chi connectivity index (χ0n) is 17.3. The molecule has 1 saturated heterocycles. The van der Waals surface area contributed by atoms with Gasteiger partial charge >= 0.3 is 0 Å². The fourth-order valence-electron chi connectivity index (χ4n) is 3.66. The van der Waals surface area contributed by atoms with Crippen molar-refractivity contribution in [3.05, 3.63) is 65.6 Å². The van der Waals surface area contributed by atoms with E-state index in [9.17, 15) is 4.79 Å². The molecule has 0 saturated carbocycles. The van der Waals surface area contributed by atoms with E-state index in [0.717, 1.165) is 38.3 Å². The molecule has 0 unspecified atom stereocenters. The molecular formula is C21H25N7O3. The number of likely N-dealkylation sites (tertiary alicyclic amines) is 1. The number of nitrogens with zero attached hydrogens (tertiary/aromatic N) is 6. The van der Waals surface area contributed by atoms with Crippen LogP contribution in [0.25, 0.3) is 0 Å². The highest BCUT2D eigenvalue weighted by molar-refractivity contribution is 5.92. The molecule has 0 atom stereocenters. The smallest absolute Gasteiger partial charge is 0.277 e. The molecule has 1 aliphatic heterocycles. The maximum atomic E-state index is 11.4. The summed E-state index contributed by atoms with van der Waals surface area (Å²) in [5, 5.41) is 12.8. The topological polar surface area (TPSA) is 121 Å². The van der Waals surface area contributed by atoms with Crippen LogP contribution in [0.2, 0.25) is 0 Å². The van der Waals surface area contributed by atoms with E-state index in [1.807, 2.05) is 6.07 Å². The highest BCUT2D eigenvalue weighted by Gasteiger charge is 2.25. The van der Waals surface area contributed by atoms with E-state index in [1.54, 1.807) is 17.4 Å². The molecule has 1 amide bonds. The van der Waals surface area contributed by atoms with Crippen LogP contribution < -0.4 is 10.4 Å². The normalized spacial score (nSPS) is 15.0. The van der Waals surface area contributed by atoms with E-state index in [-0.39, 0.29) is 5.56 Å². The Labute approximate surface area is 179 Å². The molecule has 0 spiro atoms. The summed E-state index contributed by atoms with van der Waals surface area (Å²) in [4.78, 5) is 28.4. The van der Waals surface area contributed by atoms with Crippen molar-refractivity contribution in [2.24, 2.45) is 0 Å². The maximum Gasteiger partial charge on any atom is 0.277 e. The summed E-state index contributed by atoms with van der Waals surface area (Å²) in [6, 6.07) is 10.5. The largest absolute Gasteiger partial charge is 0.337 e. The number of hydrogen-bond donors (Lipinski definition) is 2. The Kier molecular flexibility index (Phi) is 6.48. The van der Waals surface area contributed by atoms with Gasteiger partial charge < -0.3 is 9.42 Å². The van der Waals surface area contributed by atoms with Crippen molar-refractivity contribution in [1.82, 2.24) is 30.5 Å². The van der Waals surface area contributed by atoms with E-state index in [4.69, 9.17) is 9.73 Å². The van der Waals surface area contributed by atoms with Crippen LogP contribution in [0.15, 0.2) is 47.2 Å². The predicted molar refractivity (Wildman–Crippen MR) is 111 cm³/mol. The number of hydrogen-bond acceptors (Lipinski definition) is 9. The van der Waals surface area contributed by atoms with Crippen LogP contribution in [0.1, 0.15) is 46.4 Å². The monoisotopic (exact) mass is 423 g/mol. The lowest BCUT2D eigenvalue weighted by Crippen LogP contribution is -2.32. The molecule has 1 aliphatic rings. The summed E-state index contributed by atoms with van der Waals surface area (Å²) in [5.41, 5.74) is 3.05. The van der Waals surface area contributed by atoms with Gasteiger partial charge in [-0.15, -0.1) is 0 Å². The van der Waals surface area contributed by atoms with E-state index < -0.39 is 5.91 Å². The van der Waals surface area contributed by atoms with Crippen LogP contribution in [-0.4, -0.2) is 56.3 Å². The number of carbonyl (C=O) groups is 1. The molecular weight excluding hydrogens is 398 g/mol. The Balaban J connectivity index is 1.30. The second kappa shape index (κ2) is 9.63. The van der Waals surface area contributed by atoms with Gasteiger partial charge in [-0.1, -0.05) is 35.5 Å². The average molecular weight is 423 g/mol. The van der Waals surface area contributed by atoms with E-state index in [1.165, 1.54) is 18.0 Å². The van der Waals surface area contributed by atoms with Gasteiger partial charge in [-0.25, -0.2) is 15.4 Å². The number of hydroxylamine groups is 1. The molecule has 3 aromatic rings. The van der Waals surface area contributed by atoms with Gasteiger partial charge in [0, 0.05) is 31.9 Å². The lowest BCUT2D eigenvalue weighted by Gasteiger charge is -2.30. The number of rotatable bonds is 7. The molecule has 3 heterocycles. The Morgan fingerprint density at radius 1 is 1.23 bits per heavy atom. The zero-order valence-corrected chi connectivity index (χ0v) is 17.3. The number of nitrogens with one attached hydrogen (secondary N) is 1. The number of carbonyl (C=O) groups excluding carboxylic acids is 1. The quantitative estimate of drug-likeness (QED) is 0.434. The molecule has 2 N–H and O–H groups in total. The Hall–Kier alpha value is -3.37. The van der Waals surface area contributed by atoms with Gasteiger partial charge in [0.2, 0.25) is 11.8 Å². The summed E-state index contributed by atoms with van der Waals surface area (Å²) in [6.07, 6.45) is 4.68. The Morgan fingerprint density at radius 3 is 2.61 bits per heavy atom. The SMILES string of the molecule is CN(Cc1nc(C2CCN(Cc3ccccc3)CC2)no1)c1ncc(C(=O)NO)cn1. The number of piperidine rings is 1. The highest BCUT2D eigenvalue weighted by Crippen LogP contribution is 2.27. The Morgan fingerprint density at radius 2 is 1.94 bits per heavy atom. The van der Waals surface area contributed by atoms with Gasteiger partial charge in [0.15, 0.2) is 5.82 Å². The van der Waals surface area contributed by atoms with Crippen molar-refractivity contribution in [2.75, 3.05) is 25.0 Å². The molecule has 0 aliphatic carbocycles. The zero-order chi connectivity index (χ0) is 21.6. The molecule has 0 bridgehead atoms. The van der Waals surface area contributed by atoms with Crippen LogP contribution in [0.4, 0.5) is 5.95 Å². The van der Waals surface area contributed by atoms with Gasteiger partial charge in [-0.3, -0.25) is 14.9 Å². The van der Waals surface area contributed by atoms with Crippen LogP contribution >= 0.6 is 0 Å². The predicted octanol–water partition coefficient (Wildman–Crippen LogP) is 1.99. The first kappa shape index (κ1) is 20.9. The third-order valence-electron chi connectivity index (χ3n) is 5.40. The number of amides is 1. The van der Waals surface area contributed by atoms with Crippen LogP contribution in [0.3, 0.4) is 0 Å². The standard InChI is InChI=1S/C21H25N7O3/c1-27(21-22-11-17(12-23-21)20(29)25-30)14-18-24-19(26-31-18)16-7-9-28(10-8-16)13-15-5-3-2-4-6-15/h2-6,11-12,16,30H,7-10,13-14H2,1H3,(H,25,29). The summed E-state index contributed by atoms with van der Waals surface area (Å²) in [6.45, 7) is 3.33. The van der Waals surface area contributed by atoms with E-state index in [2.05, 4.69) is 49.3 Å². The first-order valence-corrected chi connectivity index (χ1v) is 10.2. The van der Waals surface area contributed by atoms with Gasteiger partial charge in [0.25, 0.3) is 5.91 Å². The fraction of sp³-hybridized carbons (Fsp3) is 0.381. The minimum atomic E-state index is -0.662. The third-order valence-corrected chi connectivity index (χ3v) is 5.40. The number of benzene rings is 1. The van der Waals surface area contributed by atoms with Crippen molar-refractivity contribution >= 4 is 11.9 Å². The average Bonchev–Trinajstić information content (AvgIpc) is 3.28. The minimum absolute atomic E-state index is 0.165. The molecule has 1 fully saturated rings. The lowest BCUT2D eigenvalue weighted by molar-refractivity contribution is 0.0705. The van der Waals surface area contributed by atoms with Crippen molar-refractivity contribution < 1.29 is 14.5 Å². The van der Waals surface area contributed by atoms with Gasteiger partial charge in [0.1, 0.15) is 0 Å². The molecule has 162 valence electrons. The second-order valence-electron chi connectivity index (χ2n) is 7.65. The molecule has 31 heavy (non-hydrogen) atoms. The van der Waals surface area contributed by atoms with E-state index in [0.29, 0.717) is 24.3 Å². The van der Waals surface area contributed by atoms with Gasteiger partial charge in [-0.2, -0.15) is 4.98 Å². The summed E-state index contributed by atoms with van der Waals surface area (Å²) in [5.74, 6) is 1.28. The lowest BCUT2D eigenvalue weighted by atomic mass is 9.96. The van der Waals surface area contributed by atoms with Crippen molar-refractivity contribution in [1.29, 1.82) is 0 Å². The van der Waals surface area contributed by atoms with E-state index >= 15 is 0 Å². The molecule has 0 radical (unpaired) electrons. The third kappa shape index (κ3) is 5.22. The highest BCUT2D eigenvalue weighted by atomic mass is 16.5. The fourth-order valence-corrected chi connectivity index (χ4v) is 3.66. The van der Waals surface area contributed by atoms with Crippen LogP contribution in [0.5, 0.6) is 0 Å². The first-order valence-electron chi connectivity index (χ1n) is 10.2. The second-order valence-corrected chi connectivity index (χ2v) is 7.65. The molecule has 10 heteroatoms. The molecule has 10 nitrogen and oxygen atoms in total. The Bertz CT molecular complexity index is 986. The number of aromatic nitrogens is 4. The summed E-state index contributed by atoms with van der Waals surface area (Å²) in [7, 11) is 1.80. The van der Waals surface area contributed by atoms with Gasteiger partial charge in [0.05, 0.1) is 12.1 Å². The van der Waals surface area contributed by atoms with Crippen molar-refractivity contribution in [2.45, 2.75) is 31.8 Å². The van der Waals surface area contributed by atoms with Crippen molar-refractivity contribution in [3.8, 4) is 0 Å². The van der Waals surface area contributed by atoms with Gasteiger partial charge in [-0.05, 0) is 31.5 Å². The summed E-state index contributed by atoms with van der Waals surface area (Å²) >= 11 is 0. The summed E-state index contributed by atoms with van der Waals surface area (Å²) < 4.78 is 5.44. The minimum Gasteiger partial charge on any atom is -0.337 e. The number of anilines is 1. The molecule has 2 aromatic heterocycles. The first-order chi connectivity index (χ1) is 15.1. The molecule has 1 aromatic carbocycles. The van der Waals surface area contributed by atoms with Crippen LogP contribution in [-0.2, 0) is 13.1 Å². The van der Waals surface area contributed by atoms with Crippen LogP contribution in [0, 0.1) is 0 Å². The molecule has 4 rings (SSSR count). The maximum absolute atomic E-state index is 11.4.